The van der Waals surface area contributed by atoms with E-state index in [0.717, 1.165) is 5.56 Å². The fraction of sp³-hybridized carbons (Fsp3) is 0.400. The third kappa shape index (κ3) is 2.72. The minimum Gasteiger partial charge on any atom is -0.352 e. The molecule has 1 aromatic rings. The van der Waals surface area contributed by atoms with Crippen LogP contribution in [0.2, 0.25) is 0 Å². The van der Waals surface area contributed by atoms with Crippen molar-refractivity contribution in [2.45, 2.75) is 25.4 Å². The standard InChI is InChI=1S/C15H15NO7/c1-20-14-9-4-3-8(7-10(9)15(21-2)22-14)13(19)23-16-11(17)5-6-12(16)18/h3-4,7,14-15H,5-6H2,1-2H3. The van der Waals surface area contributed by atoms with Gasteiger partial charge in [0, 0.05) is 38.2 Å². The Morgan fingerprint density at radius 2 is 1.70 bits per heavy atom. The molecule has 2 unspecified atom stereocenters. The highest BCUT2D eigenvalue weighted by Gasteiger charge is 2.35. The number of nitrogens with zero attached hydrogens (tertiary/aromatic N) is 1. The van der Waals surface area contributed by atoms with E-state index in [1.165, 1.54) is 26.4 Å². The summed E-state index contributed by atoms with van der Waals surface area (Å²) in [5.41, 5.74) is 1.55. The summed E-state index contributed by atoms with van der Waals surface area (Å²) in [5, 5.41) is 0.512. The van der Waals surface area contributed by atoms with Gasteiger partial charge in [-0.3, -0.25) is 9.59 Å². The normalized spacial score (nSPS) is 23.3. The molecule has 2 aliphatic rings. The highest BCUT2D eigenvalue weighted by Crippen LogP contribution is 2.40. The van der Waals surface area contributed by atoms with Gasteiger partial charge >= 0.3 is 5.97 Å². The maximum atomic E-state index is 12.2. The molecule has 3 rings (SSSR count). The summed E-state index contributed by atoms with van der Waals surface area (Å²) in [4.78, 5) is 40.0. The van der Waals surface area contributed by atoms with Gasteiger partial charge in [-0.25, -0.2) is 4.79 Å². The monoisotopic (exact) mass is 321 g/mol. The summed E-state index contributed by atoms with van der Waals surface area (Å²) in [6.45, 7) is 0. The third-order valence-corrected chi connectivity index (χ3v) is 3.69. The Bertz CT molecular complexity index is 656. The lowest BCUT2D eigenvalue weighted by Gasteiger charge is -2.13. The molecule has 0 aliphatic carbocycles. The number of carbonyl (C=O) groups excluding carboxylic acids is 3. The second-order valence-corrected chi connectivity index (χ2v) is 5.08. The van der Waals surface area contributed by atoms with Crippen LogP contribution in [0.4, 0.5) is 0 Å². The maximum Gasteiger partial charge on any atom is 0.363 e. The molecular formula is C15H15NO7. The number of carbonyl (C=O) groups is 3. The smallest absolute Gasteiger partial charge is 0.352 e. The molecule has 2 amide bonds. The van der Waals surface area contributed by atoms with Crippen molar-refractivity contribution in [1.29, 1.82) is 0 Å². The van der Waals surface area contributed by atoms with Crippen LogP contribution < -0.4 is 0 Å². The predicted molar refractivity (Wildman–Crippen MR) is 73.5 cm³/mol. The first-order chi connectivity index (χ1) is 11.0. The molecule has 0 radical (unpaired) electrons. The second kappa shape index (κ2) is 6.07. The topological polar surface area (TPSA) is 91.4 Å². The molecule has 2 aliphatic heterocycles. The van der Waals surface area contributed by atoms with Gasteiger partial charge in [0.1, 0.15) is 0 Å². The minimum atomic E-state index is -0.799. The number of hydrogen-bond acceptors (Lipinski definition) is 7. The molecule has 0 aromatic heterocycles. The van der Waals surface area contributed by atoms with Crippen molar-refractivity contribution < 1.29 is 33.4 Å². The largest absolute Gasteiger partial charge is 0.363 e. The Hall–Kier alpha value is -2.29. The first-order valence-corrected chi connectivity index (χ1v) is 6.98. The quantitative estimate of drug-likeness (QED) is 0.770. The van der Waals surface area contributed by atoms with Gasteiger partial charge in [0.05, 0.1) is 5.56 Å². The van der Waals surface area contributed by atoms with E-state index >= 15 is 0 Å². The van der Waals surface area contributed by atoms with Gasteiger partial charge < -0.3 is 19.0 Å². The Labute approximate surface area is 131 Å². The van der Waals surface area contributed by atoms with Gasteiger partial charge in [-0.2, -0.15) is 0 Å². The zero-order valence-corrected chi connectivity index (χ0v) is 12.6. The van der Waals surface area contributed by atoms with E-state index in [1.807, 2.05) is 0 Å². The number of hydrogen-bond donors (Lipinski definition) is 0. The van der Waals surface area contributed by atoms with E-state index in [4.69, 9.17) is 19.0 Å². The molecule has 0 N–H and O–H groups in total. The van der Waals surface area contributed by atoms with Crippen LogP contribution in [-0.4, -0.2) is 37.1 Å². The van der Waals surface area contributed by atoms with Crippen molar-refractivity contribution in [3.63, 3.8) is 0 Å². The predicted octanol–water partition coefficient (Wildman–Crippen LogP) is 1.23. The SMILES string of the molecule is COC1OC(OC)c2cc(C(=O)ON3C(=O)CCC3=O)ccc21. The van der Waals surface area contributed by atoms with Gasteiger partial charge in [0.15, 0.2) is 12.6 Å². The Balaban J connectivity index is 1.83. The lowest BCUT2D eigenvalue weighted by Crippen LogP contribution is -2.32. The maximum absolute atomic E-state index is 12.2. The second-order valence-electron chi connectivity index (χ2n) is 5.08. The number of hydroxylamine groups is 2. The highest BCUT2D eigenvalue weighted by molar-refractivity contribution is 6.02. The molecule has 2 atom stereocenters. The summed E-state index contributed by atoms with van der Waals surface area (Å²) >= 11 is 0. The van der Waals surface area contributed by atoms with Crippen molar-refractivity contribution in [3.05, 3.63) is 34.9 Å². The molecular weight excluding hydrogens is 306 g/mol. The number of rotatable bonds is 4. The Kier molecular flexibility index (Phi) is 4.12. The lowest BCUT2D eigenvalue weighted by molar-refractivity contribution is -0.217. The van der Waals surface area contributed by atoms with Gasteiger partial charge in [0.2, 0.25) is 0 Å². The fourth-order valence-electron chi connectivity index (χ4n) is 2.54. The average Bonchev–Trinajstić information content (AvgIpc) is 3.08. The summed E-state index contributed by atoms with van der Waals surface area (Å²) in [5.74, 6) is -1.85. The van der Waals surface area contributed by atoms with E-state index in [2.05, 4.69) is 0 Å². The van der Waals surface area contributed by atoms with E-state index in [-0.39, 0.29) is 18.4 Å². The van der Waals surface area contributed by atoms with E-state index in [1.54, 1.807) is 6.07 Å². The molecule has 8 heteroatoms. The third-order valence-electron chi connectivity index (χ3n) is 3.69. The first-order valence-electron chi connectivity index (χ1n) is 6.98. The van der Waals surface area contributed by atoms with Gasteiger partial charge in [-0.1, -0.05) is 6.07 Å². The fourth-order valence-corrected chi connectivity index (χ4v) is 2.54. The zero-order valence-electron chi connectivity index (χ0n) is 12.6. The van der Waals surface area contributed by atoms with Crippen LogP contribution >= 0.6 is 0 Å². The van der Waals surface area contributed by atoms with Crippen LogP contribution in [0.5, 0.6) is 0 Å². The van der Waals surface area contributed by atoms with Crippen molar-refractivity contribution in [2.75, 3.05) is 14.2 Å². The zero-order chi connectivity index (χ0) is 16.6. The van der Waals surface area contributed by atoms with Crippen molar-refractivity contribution in [2.24, 2.45) is 0 Å². The van der Waals surface area contributed by atoms with Gasteiger partial charge in [0.25, 0.3) is 11.8 Å². The van der Waals surface area contributed by atoms with Crippen molar-refractivity contribution >= 4 is 17.8 Å². The number of benzene rings is 1. The van der Waals surface area contributed by atoms with Crippen LogP contribution in [-0.2, 0) is 28.6 Å². The van der Waals surface area contributed by atoms with Gasteiger partial charge in [-0.05, 0) is 12.1 Å². The minimum absolute atomic E-state index is 0.0470. The van der Waals surface area contributed by atoms with E-state index in [0.29, 0.717) is 10.6 Å². The molecule has 23 heavy (non-hydrogen) atoms. The van der Waals surface area contributed by atoms with E-state index in [9.17, 15) is 14.4 Å². The number of imide groups is 1. The highest BCUT2D eigenvalue weighted by atomic mass is 16.8. The number of amides is 2. The van der Waals surface area contributed by atoms with Crippen LogP contribution in [0.25, 0.3) is 0 Å². The summed E-state index contributed by atoms with van der Waals surface area (Å²) in [6.07, 6.45) is -1.16. The summed E-state index contributed by atoms with van der Waals surface area (Å²) in [7, 11) is 2.97. The molecule has 122 valence electrons. The molecule has 2 heterocycles. The molecule has 1 saturated heterocycles. The number of ether oxygens (including phenoxy) is 3. The van der Waals surface area contributed by atoms with Crippen LogP contribution in [0.1, 0.15) is 46.9 Å². The lowest BCUT2D eigenvalue weighted by atomic mass is 10.0. The molecule has 0 saturated carbocycles. The Morgan fingerprint density at radius 3 is 2.30 bits per heavy atom. The summed E-state index contributed by atoms with van der Waals surface area (Å²) in [6, 6.07) is 4.71. The van der Waals surface area contributed by atoms with E-state index < -0.39 is 30.4 Å². The van der Waals surface area contributed by atoms with Crippen LogP contribution in [0.3, 0.4) is 0 Å². The number of fused-ring (bicyclic) bond motifs is 1. The Morgan fingerprint density at radius 1 is 1.09 bits per heavy atom. The number of methoxy groups -OCH3 is 2. The first kappa shape index (κ1) is 15.6. The van der Waals surface area contributed by atoms with Crippen LogP contribution in [0.15, 0.2) is 18.2 Å². The average molecular weight is 321 g/mol. The molecule has 1 aromatic carbocycles. The van der Waals surface area contributed by atoms with Crippen LogP contribution in [0, 0.1) is 0 Å². The summed E-state index contributed by atoms with van der Waals surface area (Å²) < 4.78 is 15.9. The molecule has 8 nitrogen and oxygen atoms in total. The molecule has 0 bridgehead atoms. The van der Waals surface area contributed by atoms with Crippen molar-refractivity contribution in [3.8, 4) is 0 Å². The van der Waals surface area contributed by atoms with Crippen molar-refractivity contribution in [1.82, 2.24) is 5.06 Å². The van der Waals surface area contributed by atoms with Gasteiger partial charge in [-0.15, -0.1) is 5.06 Å². The molecule has 0 spiro atoms. The molecule has 1 fully saturated rings.